The molecule has 1 aromatic rings. The fourth-order valence-electron chi connectivity index (χ4n) is 1.93. The number of nitrogens with one attached hydrogen (secondary N) is 1. The molecular formula is C14H24N2O2. The standard InChI is InChI=1S/C14H24N2O2/c1-14(2,10-15-3)16(4)11-7-8-12(17-5)13(9-11)18-6/h7-9,15H,10H2,1-6H3. The highest BCUT2D eigenvalue weighted by Crippen LogP contribution is 2.33. The first-order valence-electron chi connectivity index (χ1n) is 6.06. The van der Waals surface area contributed by atoms with Gasteiger partial charge in [0.25, 0.3) is 0 Å². The third-order valence-corrected chi connectivity index (χ3v) is 3.27. The molecule has 1 rings (SSSR count). The molecule has 0 aliphatic carbocycles. The van der Waals surface area contributed by atoms with Gasteiger partial charge in [-0.05, 0) is 33.0 Å². The number of methoxy groups -OCH3 is 2. The molecule has 1 N–H and O–H groups in total. The van der Waals surface area contributed by atoms with E-state index in [1.54, 1.807) is 14.2 Å². The van der Waals surface area contributed by atoms with E-state index in [0.29, 0.717) is 0 Å². The van der Waals surface area contributed by atoms with Crippen LogP contribution in [0.25, 0.3) is 0 Å². The molecule has 18 heavy (non-hydrogen) atoms. The van der Waals surface area contributed by atoms with Gasteiger partial charge in [-0.2, -0.15) is 0 Å². The number of likely N-dealkylation sites (N-methyl/N-ethyl adjacent to an activating group) is 2. The quantitative estimate of drug-likeness (QED) is 0.841. The molecule has 1 aromatic carbocycles. The van der Waals surface area contributed by atoms with Crippen molar-refractivity contribution in [2.45, 2.75) is 19.4 Å². The zero-order valence-corrected chi connectivity index (χ0v) is 12.2. The maximum absolute atomic E-state index is 5.33. The van der Waals surface area contributed by atoms with Crippen molar-refractivity contribution >= 4 is 5.69 Å². The number of rotatable bonds is 6. The lowest BCUT2D eigenvalue weighted by Crippen LogP contribution is -2.48. The number of benzene rings is 1. The molecule has 0 fully saturated rings. The predicted molar refractivity (Wildman–Crippen MR) is 76.0 cm³/mol. The van der Waals surface area contributed by atoms with Crippen LogP contribution in [0.1, 0.15) is 13.8 Å². The van der Waals surface area contributed by atoms with Crippen molar-refractivity contribution < 1.29 is 9.47 Å². The van der Waals surface area contributed by atoms with Gasteiger partial charge in [-0.1, -0.05) is 0 Å². The van der Waals surface area contributed by atoms with Crippen molar-refractivity contribution in [3.8, 4) is 11.5 Å². The normalized spacial score (nSPS) is 11.2. The topological polar surface area (TPSA) is 33.7 Å². The van der Waals surface area contributed by atoms with Crippen LogP contribution in [-0.2, 0) is 0 Å². The van der Waals surface area contributed by atoms with E-state index in [4.69, 9.17) is 9.47 Å². The van der Waals surface area contributed by atoms with Crippen LogP contribution in [0.15, 0.2) is 18.2 Å². The first kappa shape index (κ1) is 14.6. The molecule has 0 saturated heterocycles. The van der Waals surface area contributed by atoms with Crippen molar-refractivity contribution in [1.29, 1.82) is 0 Å². The van der Waals surface area contributed by atoms with Gasteiger partial charge >= 0.3 is 0 Å². The largest absolute Gasteiger partial charge is 0.493 e. The molecule has 0 aliphatic rings. The van der Waals surface area contributed by atoms with Crippen LogP contribution in [-0.4, -0.2) is 40.4 Å². The molecular weight excluding hydrogens is 228 g/mol. The lowest BCUT2D eigenvalue weighted by atomic mass is 10.0. The molecule has 0 atom stereocenters. The van der Waals surface area contributed by atoms with E-state index in [2.05, 4.69) is 31.1 Å². The number of nitrogens with zero attached hydrogens (tertiary/aromatic N) is 1. The van der Waals surface area contributed by atoms with Crippen LogP contribution in [0.4, 0.5) is 5.69 Å². The van der Waals surface area contributed by atoms with Crippen LogP contribution in [0.2, 0.25) is 0 Å². The molecule has 0 bridgehead atoms. The number of hydrogen-bond donors (Lipinski definition) is 1. The van der Waals surface area contributed by atoms with E-state index >= 15 is 0 Å². The maximum Gasteiger partial charge on any atom is 0.162 e. The zero-order chi connectivity index (χ0) is 13.8. The fraction of sp³-hybridized carbons (Fsp3) is 0.571. The number of hydrogen-bond acceptors (Lipinski definition) is 4. The predicted octanol–water partition coefficient (Wildman–Crippen LogP) is 2.14. The third kappa shape index (κ3) is 3.07. The highest BCUT2D eigenvalue weighted by atomic mass is 16.5. The highest BCUT2D eigenvalue weighted by Gasteiger charge is 2.23. The summed E-state index contributed by atoms with van der Waals surface area (Å²) in [7, 11) is 7.34. The third-order valence-electron chi connectivity index (χ3n) is 3.27. The molecule has 0 heterocycles. The van der Waals surface area contributed by atoms with Crippen molar-refractivity contribution in [3.05, 3.63) is 18.2 Å². The van der Waals surface area contributed by atoms with Gasteiger partial charge in [0.15, 0.2) is 11.5 Å². The molecule has 0 amide bonds. The Hall–Kier alpha value is -1.42. The van der Waals surface area contributed by atoms with Gasteiger partial charge in [-0.15, -0.1) is 0 Å². The zero-order valence-electron chi connectivity index (χ0n) is 12.2. The molecule has 0 saturated carbocycles. The summed E-state index contributed by atoms with van der Waals surface area (Å²) < 4.78 is 10.6. The Bertz CT molecular complexity index is 391. The first-order chi connectivity index (χ1) is 8.46. The monoisotopic (exact) mass is 252 g/mol. The SMILES string of the molecule is CNCC(C)(C)N(C)c1ccc(OC)c(OC)c1. The van der Waals surface area contributed by atoms with Crippen molar-refractivity contribution in [2.75, 3.05) is 39.8 Å². The van der Waals surface area contributed by atoms with E-state index < -0.39 is 0 Å². The van der Waals surface area contributed by atoms with Crippen molar-refractivity contribution in [3.63, 3.8) is 0 Å². The molecule has 0 aliphatic heterocycles. The number of ether oxygens (including phenoxy) is 2. The van der Waals surface area contributed by atoms with Gasteiger partial charge in [-0.25, -0.2) is 0 Å². The highest BCUT2D eigenvalue weighted by molar-refractivity contribution is 5.57. The summed E-state index contributed by atoms with van der Waals surface area (Å²) >= 11 is 0. The van der Waals surface area contributed by atoms with E-state index in [-0.39, 0.29) is 5.54 Å². The van der Waals surface area contributed by atoms with Crippen molar-refractivity contribution in [1.82, 2.24) is 5.32 Å². The lowest BCUT2D eigenvalue weighted by molar-refractivity contribution is 0.354. The second kappa shape index (κ2) is 5.96. The van der Waals surface area contributed by atoms with Gasteiger partial charge in [0, 0.05) is 30.9 Å². The van der Waals surface area contributed by atoms with Crippen LogP contribution in [0.5, 0.6) is 11.5 Å². The van der Waals surface area contributed by atoms with Crippen LogP contribution in [0, 0.1) is 0 Å². The van der Waals surface area contributed by atoms with Gasteiger partial charge in [-0.3, -0.25) is 0 Å². The smallest absolute Gasteiger partial charge is 0.162 e. The fourth-order valence-corrected chi connectivity index (χ4v) is 1.93. The Labute approximate surface area is 110 Å². The van der Waals surface area contributed by atoms with E-state index in [0.717, 1.165) is 23.7 Å². The summed E-state index contributed by atoms with van der Waals surface area (Å²) in [5.41, 5.74) is 1.13. The molecule has 4 heteroatoms. The van der Waals surface area contributed by atoms with E-state index in [1.807, 2.05) is 25.2 Å². The molecule has 4 nitrogen and oxygen atoms in total. The van der Waals surface area contributed by atoms with E-state index in [9.17, 15) is 0 Å². The Morgan fingerprint density at radius 1 is 1.17 bits per heavy atom. The van der Waals surface area contributed by atoms with Gasteiger partial charge < -0.3 is 19.7 Å². The second-order valence-electron chi connectivity index (χ2n) is 4.94. The number of anilines is 1. The molecule has 0 aromatic heterocycles. The molecule has 102 valence electrons. The summed E-state index contributed by atoms with van der Waals surface area (Å²) in [6, 6.07) is 5.97. The van der Waals surface area contributed by atoms with Crippen LogP contribution >= 0.6 is 0 Å². The van der Waals surface area contributed by atoms with Gasteiger partial charge in [0.05, 0.1) is 14.2 Å². The average molecular weight is 252 g/mol. The van der Waals surface area contributed by atoms with Crippen molar-refractivity contribution in [2.24, 2.45) is 0 Å². The Morgan fingerprint density at radius 3 is 2.28 bits per heavy atom. The minimum atomic E-state index is 0.0222. The first-order valence-corrected chi connectivity index (χ1v) is 6.06. The molecule has 0 radical (unpaired) electrons. The minimum Gasteiger partial charge on any atom is -0.493 e. The van der Waals surface area contributed by atoms with Gasteiger partial charge in [0.1, 0.15) is 0 Å². The summed E-state index contributed by atoms with van der Waals surface area (Å²) in [5.74, 6) is 1.50. The van der Waals surface area contributed by atoms with Crippen LogP contribution in [0.3, 0.4) is 0 Å². The summed E-state index contributed by atoms with van der Waals surface area (Å²) in [6.45, 7) is 5.29. The second-order valence-corrected chi connectivity index (χ2v) is 4.94. The molecule has 0 spiro atoms. The summed E-state index contributed by atoms with van der Waals surface area (Å²) in [6.07, 6.45) is 0. The lowest BCUT2D eigenvalue weighted by Gasteiger charge is -2.37. The van der Waals surface area contributed by atoms with Crippen LogP contribution < -0.4 is 19.7 Å². The molecule has 0 unspecified atom stereocenters. The average Bonchev–Trinajstić information content (AvgIpc) is 2.36. The summed E-state index contributed by atoms with van der Waals surface area (Å²) in [4.78, 5) is 2.23. The maximum atomic E-state index is 5.33. The van der Waals surface area contributed by atoms with E-state index in [1.165, 1.54) is 0 Å². The Morgan fingerprint density at radius 2 is 1.78 bits per heavy atom. The Kier molecular flexibility index (Phi) is 4.84. The minimum absolute atomic E-state index is 0.0222. The van der Waals surface area contributed by atoms with Gasteiger partial charge in [0.2, 0.25) is 0 Å². The Balaban J connectivity index is 3.03. The summed E-state index contributed by atoms with van der Waals surface area (Å²) in [5, 5.41) is 3.21.